The molecule has 0 aliphatic heterocycles. The van der Waals surface area contributed by atoms with Crippen LogP contribution in [0, 0.1) is 0 Å². The highest BCUT2D eigenvalue weighted by Gasteiger charge is 2.02. The van der Waals surface area contributed by atoms with E-state index in [0.717, 1.165) is 22.8 Å². The molecule has 1 rings (SSSR count). The van der Waals surface area contributed by atoms with E-state index in [1.807, 2.05) is 77.8 Å². The van der Waals surface area contributed by atoms with Crippen molar-refractivity contribution in [2.75, 3.05) is 0 Å². The van der Waals surface area contributed by atoms with Crippen LogP contribution in [-0.2, 0) is 0 Å². The van der Waals surface area contributed by atoms with Crippen LogP contribution in [0.1, 0.15) is 25.2 Å². The molecule has 74 valence electrons. The highest BCUT2D eigenvalue weighted by Crippen LogP contribution is 2.05. The summed E-state index contributed by atoms with van der Waals surface area (Å²) in [6.07, 6.45) is 0. The second kappa shape index (κ2) is 5.74. The molecule has 1 aromatic rings. The fourth-order valence-electron chi connectivity index (χ4n) is 0.924. The Labute approximate surface area is 111 Å². The molecule has 5 heteroatoms. The zero-order valence-corrected chi connectivity index (χ0v) is 12.1. The smallest absolute Gasteiger partial charge is 0.0854 e. The molecule has 0 saturated heterocycles. The zero-order chi connectivity index (χ0) is 10.6. The summed E-state index contributed by atoms with van der Waals surface area (Å²) < 4.78 is 8.13. The lowest BCUT2D eigenvalue weighted by Gasteiger charge is -2.01. The normalized spacial score (nSPS) is 13.1. The molecule has 0 saturated carbocycles. The Morgan fingerprint density at radius 3 is 1.86 bits per heavy atom. The molecule has 14 heavy (non-hydrogen) atoms. The molecule has 0 spiro atoms. The Balaban J connectivity index is 3.14. The topological polar surface area (TPSA) is 37.6 Å². The molecular formula is C9H9I2N3. The van der Waals surface area contributed by atoms with E-state index in [-0.39, 0.29) is 0 Å². The van der Waals surface area contributed by atoms with Crippen LogP contribution < -0.4 is 0 Å². The van der Waals surface area contributed by atoms with Gasteiger partial charge in [0.1, 0.15) is 0 Å². The van der Waals surface area contributed by atoms with Crippen LogP contribution in [0.3, 0.4) is 0 Å². The van der Waals surface area contributed by atoms with E-state index >= 15 is 0 Å². The first-order valence-electron chi connectivity index (χ1n) is 3.98. The van der Waals surface area contributed by atoms with E-state index in [4.69, 9.17) is 0 Å². The number of hydrogen-bond acceptors (Lipinski definition) is 3. The minimum Gasteiger partial charge on any atom is -0.245 e. The van der Waals surface area contributed by atoms with E-state index in [0.29, 0.717) is 0 Å². The molecule has 0 aliphatic carbocycles. The molecule has 0 N–H and O–H groups in total. The quantitative estimate of drug-likeness (QED) is 0.541. The van der Waals surface area contributed by atoms with Gasteiger partial charge in [-0.1, -0.05) is 6.07 Å². The van der Waals surface area contributed by atoms with Crippen molar-refractivity contribution in [2.45, 2.75) is 13.8 Å². The van der Waals surface area contributed by atoms with Gasteiger partial charge in [0.2, 0.25) is 0 Å². The van der Waals surface area contributed by atoms with E-state index in [1.165, 1.54) is 0 Å². The van der Waals surface area contributed by atoms with Crippen molar-refractivity contribution in [3.63, 3.8) is 0 Å². The number of rotatable bonds is 2. The minimum atomic E-state index is 0.899. The van der Waals surface area contributed by atoms with E-state index in [9.17, 15) is 0 Å². The molecule has 0 atom stereocenters. The third-order valence-corrected chi connectivity index (χ3v) is 3.19. The summed E-state index contributed by atoms with van der Waals surface area (Å²) in [6, 6.07) is 5.86. The van der Waals surface area contributed by atoms with E-state index in [1.54, 1.807) is 0 Å². The molecule has 0 radical (unpaired) electrons. The van der Waals surface area contributed by atoms with Crippen molar-refractivity contribution < 1.29 is 0 Å². The molecule has 1 aromatic heterocycles. The fraction of sp³-hybridized carbons (Fsp3) is 0.222. The van der Waals surface area contributed by atoms with Crippen LogP contribution >= 0.6 is 45.7 Å². The fourth-order valence-corrected chi connectivity index (χ4v) is 1.42. The molecule has 0 aliphatic rings. The van der Waals surface area contributed by atoms with Crippen LogP contribution in [0.5, 0.6) is 0 Å². The van der Waals surface area contributed by atoms with E-state index in [2.05, 4.69) is 11.4 Å². The van der Waals surface area contributed by atoms with Gasteiger partial charge >= 0.3 is 0 Å². The van der Waals surface area contributed by atoms with Crippen LogP contribution in [0.25, 0.3) is 0 Å². The molecule has 0 amide bonds. The first-order valence-corrected chi connectivity index (χ1v) is 5.91. The van der Waals surface area contributed by atoms with Crippen LogP contribution in [-0.4, -0.2) is 16.4 Å². The maximum atomic E-state index is 4.44. The van der Waals surface area contributed by atoms with Gasteiger partial charge in [0, 0.05) is 0 Å². The Morgan fingerprint density at radius 2 is 1.50 bits per heavy atom. The van der Waals surface area contributed by atoms with Crippen molar-refractivity contribution in [1.29, 1.82) is 0 Å². The Hall–Kier alpha value is -0.0500. The molecule has 3 nitrogen and oxygen atoms in total. The number of hydrogen-bond donors (Lipinski definition) is 0. The molecule has 0 unspecified atom stereocenters. The van der Waals surface area contributed by atoms with Crippen molar-refractivity contribution >= 4 is 57.2 Å². The van der Waals surface area contributed by atoms with Gasteiger partial charge in [-0.3, -0.25) is 0 Å². The number of aromatic nitrogens is 1. The monoisotopic (exact) mass is 413 g/mol. The van der Waals surface area contributed by atoms with Gasteiger partial charge in [-0.05, 0) is 26.0 Å². The maximum absolute atomic E-state index is 4.44. The van der Waals surface area contributed by atoms with Crippen molar-refractivity contribution in [1.82, 2.24) is 4.98 Å². The number of halogens is 2. The van der Waals surface area contributed by atoms with Crippen LogP contribution in [0.4, 0.5) is 0 Å². The SMILES string of the molecule is CC(=NI)c1cccc(C(C)=NI)n1. The van der Waals surface area contributed by atoms with Gasteiger partial charge in [-0.15, -0.1) is 0 Å². The maximum Gasteiger partial charge on any atom is 0.0854 e. The Morgan fingerprint density at radius 1 is 1.07 bits per heavy atom. The zero-order valence-electron chi connectivity index (χ0n) is 7.83. The molecule has 0 fully saturated rings. The van der Waals surface area contributed by atoms with Crippen molar-refractivity contribution in [3.05, 3.63) is 29.6 Å². The lowest BCUT2D eigenvalue weighted by molar-refractivity contribution is 1.25. The van der Waals surface area contributed by atoms with Gasteiger partial charge < -0.3 is 0 Å². The summed E-state index contributed by atoms with van der Waals surface area (Å²) in [5.74, 6) is 0. The standard InChI is InChI=1S/C9H9I2N3/c1-6(13-10)8-4-3-5-9(12-8)7(2)14-11/h3-5H,1-2H3. The first-order chi connectivity index (χ1) is 6.69. The summed E-state index contributed by atoms with van der Waals surface area (Å²) in [5.41, 5.74) is 3.65. The van der Waals surface area contributed by atoms with Gasteiger partial charge in [0.15, 0.2) is 0 Å². The average molecular weight is 413 g/mol. The average Bonchev–Trinajstić information content (AvgIpc) is 2.27. The van der Waals surface area contributed by atoms with E-state index < -0.39 is 0 Å². The molecule has 1 heterocycles. The third-order valence-electron chi connectivity index (χ3n) is 1.74. The van der Waals surface area contributed by atoms with Gasteiger partial charge in [-0.2, -0.15) is 0 Å². The lowest BCUT2D eigenvalue weighted by atomic mass is 10.2. The largest absolute Gasteiger partial charge is 0.245 e. The van der Waals surface area contributed by atoms with Crippen LogP contribution in [0.2, 0.25) is 0 Å². The summed E-state index contributed by atoms with van der Waals surface area (Å²) in [5, 5.41) is 0. The van der Waals surface area contributed by atoms with Crippen molar-refractivity contribution in [2.24, 2.45) is 6.41 Å². The highest BCUT2D eigenvalue weighted by atomic mass is 127. The summed E-state index contributed by atoms with van der Waals surface area (Å²) >= 11 is 3.94. The summed E-state index contributed by atoms with van der Waals surface area (Å²) in [7, 11) is 0. The van der Waals surface area contributed by atoms with Crippen LogP contribution in [0.15, 0.2) is 24.6 Å². The second-order valence-corrected chi connectivity index (χ2v) is 3.71. The minimum absolute atomic E-state index is 0.899. The molecular weight excluding hydrogens is 404 g/mol. The predicted molar refractivity (Wildman–Crippen MR) is 76.7 cm³/mol. The van der Waals surface area contributed by atoms with Gasteiger partial charge in [0.25, 0.3) is 0 Å². The summed E-state index contributed by atoms with van der Waals surface area (Å²) in [4.78, 5) is 4.44. The van der Waals surface area contributed by atoms with Crippen molar-refractivity contribution in [3.8, 4) is 0 Å². The Kier molecular flexibility index (Phi) is 4.93. The second-order valence-electron chi connectivity index (χ2n) is 2.75. The number of pyridine rings is 1. The highest BCUT2D eigenvalue weighted by molar-refractivity contribution is 14.1. The first kappa shape index (κ1) is 12.0. The third kappa shape index (κ3) is 2.97. The predicted octanol–water partition coefficient (Wildman–Crippen LogP) is 3.40. The Bertz CT molecular complexity index is 352. The molecule has 0 aromatic carbocycles. The number of nitrogens with zero attached hydrogens (tertiary/aromatic N) is 3. The van der Waals surface area contributed by atoms with Gasteiger partial charge in [-0.25, -0.2) is 11.4 Å². The molecule has 0 bridgehead atoms. The van der Waals surface area contributed by atoms with Gasteiger partial charge in [0.05, 0.1) is 68.5 Å². The lowest BCUT2D eigenvalue weighted by Crippen LogP contribution is -2.03. The summed E-state index contributed by atoms with van der Waals surface area (Å²) in [6.45, 7) is 3.88.